The van der Waals surface area contributed by atoms with Crippen LogP contribution in [-0.2, 0) is 16.4 Å². The standard InChI is InChI=1S/C18H19NO3S/c20-23(21,17-4-2-1-3-5-17)19-10-8-16(13-19)14-6-7-18-15(12-14)9-11-22-18/h1-7,12,16H,8-11,13H2/t16-/m1/s1. The number of sulfonamides is 1. The predicted molar refractivity (Wildman–Crippen MR) is 88.2 cm³/mol. The zero-order valence-corrected chi connectivity index (χ0v) is 13.6. The summed E-state index contributed by atoms with van der Waals surface area (Å²) in [5, 5.41) is 0. The van der Waals surface area contributed by atoms with Gasteiger partial charge in [-0.2, -0.15) is 4.31 Å². The van der Waals surface area contributed by atoms with Gasteiger partial charge in [-0.1, -0.05) is 30.3 Å². The molecule has 2 heterocycles. The Morgan fingerprint density at radius 3 is 2.74 bits per heavy atom. The average Bonchev–Trinajstić information content (AvgIpc) is 3.24. The number of ether oxygens (including phenoxy) is 1. The van der Waals surface area contributed by atoms with Crippen molar-refractivity contribution in [2.45, 2.75) is 23.7 Å². The van der Waals surface area contributed by atoms with E-state index in [9.17, 15) is 8.42 Å². The van der Waals surface area contributed by atoms with Crippen LogP contribution < -0.4 is 4.74 Å². The molecule has 1 atom stereocenters. The molecular formula is C18H19NO3S. The highest BCUT2D eigenvalue weighted by atomic mass is 32.2. The van der Waals surface area contributed by atoms with E-state index in [1.54, 1.807) is 28.6 Å². The molecule has 4 rings (SSSR count). The van der Waals surface area contributed by atoms with E-state index in [1.807, 2.05) is 12.1 Å². The van der Waals surface area contributed by atoms with Gasteiger partial charge in [0.1, 0.15) is 5.75 Å². The molecule has 0 N–H and O–H groups in total. The van der Waals surface area contributed by atoms with Crippen LogP contribution in [0.25, 0.3) is 0 Å². The van der Waals surface area contributed by atoms with Crippen molar-refractivity contribution in [2.75, 3.05) is 19.7 Å². The van der Waals surface area contributed by atoms with Crippen LogP contribution in [0.15, 0.2) is 53.4 Å². The highest BCUT2D eigenvalue weighted by Gasteiger charge is 2.33. The summed E-state index contributed by atoms with van der Waals surface area (Å²) < 4.78 is 32.6. The molecule has 0 amide bonds. The molecule has 0 spiro atoms. The molecule has 1 fully saturated rings. The first-order valence-electron chi connectivity index (χ1n) is 7.95. The fourth-order valence-electron chi connectivity index (χ4n) is 3.42. The summed E-state index contributed by atoms with van der Waals surface area (Å²) in [5.74, 6) is 1.24. The Hall–Kier alpha value is -1.85. The molecule has 0 unspecified atom stereocenters. The van der Waals surface area contributed by atoms with E-state index >= 15 is 0 Å². The predicted octanol–water partition coefficient (Wildman–Crippen LogP) is 2.80. The number of hydrogen-bond donors (Lipinski definition) is 0. The molecule has 0 bridgehead atoms. The van der Waals surface area contributed by atoms with Crippen LogP contribution in [0.2, 0.25) is 0 Å². The summed E-state index contributed by atoms with van der Waals surface area (Å²) in [6.45, 7) is 1.88. The Bertz CT molecular complexity index is 817. The minimum atomic E-state index is -3.38. The van der Waals surface area contributed by atoms with E-state index in [1.165, 1.54) is 11.1 Å². The summed E-state index contributed by atoms with van der Waals surface area (Å²) in [4.78, 5) is 0.378. The monoisotopic (exact) mass is 329 g/mol. The maximum absolute atomic E-state index is 12.7. The Labute approximate surface area is 136 Å². The molecule has 0 saturated carbocycles. The minimum Gasteiger partial charge on any atom is -0.493 e. The van der Waals surface area contributed by atoms with E-state index in [0.717, 1.165) is 25.2 Å². The molecular weight excluding hydrogens is 310 g/mol. The Morgan fingerprint density at radius 1 is 1.09 bits per heavy atom. The molecule has 5 heteroatoms. The van der Waals surface area contributed by atoms with Crippen molar-refractivity contribution in [3.8, 4) is 5.75 Å². The van der Waals surface area contributed by atoms with Crippen molar-refractivity contribution in [3.63, 3.8) is 0 Å². The number of rotatable bonds is 3. The summed E-state index contributed by atoms with van der Waals surface area (Å²) in [6.07, 6.45) is 1.81. The van der Waals surface area contributed by atoms with E-state index in [4.69, 9.17) is 4.74 Å². The lowest BCUT2D eigenvalue weighted by Crippen LogP contribution is -2.28. The van der Waals surface area contributed by atoms with E-state index < -0.39 is 10.0 Å². The lowest BCUT2D eigenvalue weighted by molar-refractivity contribution is 0.357. The van der Waals surface area contributed by atoms with Gasteiger partial charge in [-0.25, -0.2) is 8.42 Å². The second kappa shape index (κ2) is 5.65. The molecule has 1 saturated heterocycles. The van der Waals surface area contributed by atoms with E-state index in [2.05, 4.69) is 12.1 Å². The van der Waals surface area contributed by atoms with Gasteiger partial charge >= 0.3 is 0 Å². The van der Waals surface area contributed by atoms with Crippen LogP contribution in [0.4, 0.5) is 0 Å². The van der Waals surface area contributed by atoms with Crippen LogP contribution in [-0.4, -0.2) is 32.4 Å². The van der Waals surface area contributed by atoms with Crippen molar-refractivity contribution < 1.29 is 13.2 Å². The van der Waals surface area contributed by atoms with Gasteiger partial charge in [0.05, 0.1) is 11.5 Å². The molecule has 4 nitrogen and oxygen atoms in total. The lowest BCUT2D eigenvalue weighted by Gasteiger charge is -2.17. The smallest absolute Gasteiger partial charge is 0.243 e. The quantitative estimate of drug-likeness (QED) is 0.870. The largest absolute Gasteiger partial charge is 0.493 e. The van der Waals surface area contributed by atoms with Gasteiger partial charge < -0.3 is 4.74 Å². The molecule has 120 valence electrons. The lowest BCUT2D eigenvalue weighted by atomic mass is 9.96. The van der Waals surface area contributed by atoms with Crippen LogP contribution in [0.3, 0.4) is 0 Å². The highest BCUT2D eigenvalue weighted by Crippen LogP contribution is 2.34. The Balaban J connectivity index is 1.55. The third-order valence-corrected chi connectivity index (χ3v) is 6.60. The second-order valence-electron chi connectivity index (χ2n) is 6.13. The van der Waals surface area contributed by atoms with Crippen molar-refractivity contribution in [1.29, 1.82) is 0 Å². The normalized spacial score (nSPS) is 21.1. The fourth-order valence-corrected chi connectivity index (χ4v) is 4.94. The van der Waals surface area contributed by atoms with E-state index in [0.29, 0.717) is 18.0 Å². The van der Waals surface area contributed by atoms with Crippen molar-refractivity contribution in [2.24, 2.45) is 0 Å². The summed E-state index contributed by atoms with van der Waals surface area (Å²) in [7, 11) is -3.38. The summed E-state index contributed by atoms with van der Waals surface area (Å²) in [6, 6.07) is 15.0. The number of nitrogens with zero attached hydrogens (tertiary/aromatic N) is 1. The molecule has 2 aromatic carbocycles. The van der Waals surface area contributed by atoms with Gasteiger partial charge in [-0.3, -0.25) is 0 Å². The fraction of sp³-hybridized carbons (Fsp3) is 0.333. The highest BCUT2D eigenvalue weighted by molar-refractivity contribution is 7.89. The maximum Gasteiger partial charge on any atom is 0.243 e. The topological polar surface area (TPSA) is 46.6 Å². The molecule has 2 aromatic rings. The van der Waals surface area contributed by atoms with Crippen LogP contribution in [0.5, 0.6) is 5.75 Å². The number of fused-ring (bicyclic) bond motifs is 1. The van der Waals surface area contributed by atoms with Gasteiger partial charge in [0.25, 0.3) is 0 Å². The third-order valence-electron chi connectivity index (χ3n) is 4.72. The first kappa shape index (κ1) is 14.7. The van der Waals surface area contributed by atoms with Gasteiger partial charge in [0, 0.05) is 19.5 Å². The molecule has 0 aromatic heterocycles. The molecule has 2 aliphatic rings. The second-order valence-corrected chi connectivity index (χ2v) is 8.07. The molecule has 0 radical (unpaired) electrons. The van der Waals surface area contributed by atoms with Crippen LogP contribution in [0.1, 0.15) is 23.5 Å². The van der Waals surface area contributed by atoms with Gasteiger partial charge in [-0.05, 0) is 41.7 Å². The first-order valence-corrected chi connectivity index (χ1v) is 9.39. The average molecular weight is 329 g/mol. The zero-order chi connectivity index (χ0) is 15.9. The first-order chi connectivity index (χ1) is 11.1. The van der Waals surface area contributed by atoms with E-state index in [-0.39, 0.29) is 5.92 Å². The van der Waals surface area contributed by atoms with Gasteiger partial charge in [0.2, 0.25) is 10.0 Å². The molecule has 2 aliphatic heterocycles. The molecule has 23 heavy (non-hydrogen) atoms. The Morgan fingerprint density at radius 2 is 1.91 bits per heavy atom. The SMILES string of the molecule is O=S(=O)(c1ccccc1)N1CC[C@@H](c2ccc3c(c2)CCO3)C1. The van der Waals surface area contributed by atoms with Crippen molar-refractivity contribution in [3.05, 3.63) is 59.7 Å². The van der Waals surface area contributed by atoms with Crippen LogP contribution >= 0.6 is 0 Å². The number of benzene rings is 2. The Kier molecular flexibility index (Phi) is 3.62. The molecule has 0 aliphatic carbocycles. The van der Waals surface area contributed by atoms with Gasteiger partial charge in [0.15, 0.2) is 0 Å². The maximum atomic E-state index is 12.7. The van der Waals surface area contributed by atoms with Crippen molar-refractivity contribution in [1.82, 2.24) is 4.31 Å². The minimum absolute atomic E-state index is 0.263. The van der Waals surface area contributed by atoms with Gasteiger partial charge in [-0.15, -0.1) is 0 Å². The summed E-state index contributed by atoms with van der Waals surface area (Å²) in [5.41, 5.74) is 2.46. The zero-order valence-electron chi connectivity index (χ0n) is 12.8. The third kappa shape index (κ3) is 2.64. The number of hydrogen-bond acceptors (Lipinski definition) is 3. The van der Waals surface area contributed by atoms with Crippen LogP contribution in [0, 0.1) is 0 Å². The van der Waals surface area contributed by atoms with Crippen molar-refractivity contribution >= 4 is 10.0 Å². The summed E-state index contributed by atoms with van der Waals surface area (Å²) >= 11 is 0.